The van der Waals surface area contributed by atoms with E-state index in [0.717, 1.165) is 26.6 Å². The van der Waals surface area contributed by atoms with Crippen LogP contribution in [-0.4, -0.2) is 5.78 Å². The molecule has 2 aromatic heterocycles. The Kier molecular flexibility index (Phi) is 3.07. The van der Waals surface area contributed by atoms with Gasteiger partial charge in [-0.2, -0.15) is 0 Å². The molecule has 0 radical (unpaired) electrons. The Balaban J connectivity index is 2.15. The number of aryl methyl sites for hydroxylation is 2. The number of benzene rings is 1. The van der Waals surface area contributed by atoms with Gasteiger partial charge in [0, 0.05) is 20.8 Å². The molecule has 0 unspecified atom stereocenters. The van der Waals surface area contributed by atoms with Crippen molar-refractivity contribution in [3.63, 3.8) is 0 Å². The lowest BCUT2D eigenvalue weighted by atomic mass is 10.1. The number of hydrogen-bond acceptors (Lipinski definition) is 3. The molecule has 0 N–H and O–H groups in total. The molecular weight excluding hydrogens is 324 g/mol. The summed E-state index contributed by atoms with van der Waals surface area (Å²) in [5.41, 5.74) is 2.84. The van der Waals surface area contributed by atoms with Crippen molar-refractivity contribution < 1.29 is 9.21 Å². The van der Waals surface area contributed by atoms with Crippen molar-refractivity contribution in [1.82, 2.24) is 0 Å². The number of rotatable bonds is 2. The van der Waals surface area contributed by atoms with Gasteiger partial charge in [0.25, 0.3) is 0 Å². The highest BCUT2D eigenvalue weighted by atomic mass is 79.9. The van der Waals surface area contributed by atoms with Crippen molar-refractivity contribution >= 4 is 44.0 Å². The summed E-state index contributed by atoms with van der Waals surface area (Å²) in [5, 5.41) is 2.91. The highest BCUT2D eigenvalue weighted by molar-refractivity contribution is 9.10. The highest BCUT2D eigenvalue weighted by Crippen LogP contribution is 2.30. The molecule has 96 valence electrons. The van der Waals surface area contributed by atoms with Gasteiger partial charge in [-0.25, -0.2) is 0 Å². The quantitative estimate of drug-likeness (QED) is 0.610. The van der Waals surface area contributed by atoms with Crippen LogP contribution in [0.2, 0.25) is 0 Å². The average Bonchev–Trinajstić information content (AvgIpc) is 2.94. The largest absolute Gasteiger partial charge is 0.452 e. The van der Waals surface area contributed by atoms with E-state index in [1.807, 2.05) is 37.4 Å². The summed E-state index contributed by atoms with van der Waals surface area (Å²) >= 11 is 4.78. The summed E-state index contributed by atoms with van der Waals surface area (Å²) < 4.78 is 6.64. The van der Waals surface area contributed by atoms with Crippen LogP contribution >= 0.6 is 27.3 Å². The summed E-state index contributed by atoms with van der Waals surface area (Å²) in [4.78, 5) is 13.1. The van der Waals surface area contributed by atoms with Crippen molar-refractivity contribution in [2.24, 2.45) is 0 Å². The van der Waals surface area contributed by atoms with E-state index in [9.17, 15) is 4.79 Å². The zero-order chi connectivity index (χ0) is 13.6. The maximum absolute atomic E-state index is 12.4. The minimum atomic E-state index is -0.0537. The molecule has 0 saturated carbocycles. The summed E-state index contributed by atoms with van der Waals surface area (Å²) in [5.74, 6) is 0.386. The fourth-order valence-corrected chi connectivity index (χ4v) is 3.46. The van der Waals surface area contributed by atoms with Crippen molar-refractivity contribution in [2.45, 2.75) is 13.8 Å². The number of ketones is 1. The highest BCUT2D eigenvalue weighted by Gasteiger charge is 2.20. The molecule has 0 spiro atoms. The van der Waals surface area contributed by atoms with Gasteiger partial charge in [0.05, 0.1) is 4.88 Å². The number of halogens is 1. The van der Waals surface area contributed by atoms with Gasteiger partial charge < -0.3 is 4.42 Å². The number of thiophene rings is 1. The van der Waals surface area contributed by atoms with E-state index >= 15 is 0 Å². The van der Waals surface area contributed by atoms with Crippen LogP contribution in [0.25, 0.3) is 11.0 Å². The smallest absolute Gasteiger partial charge is 0.238 e. The second kappa shape index (κ2) is 4.62. The average molecular weight is 335 g/mol. The normalized spacial score (nSPS) is 11.1. The molecular formula is C15H11BrO2S. The molecule has 4 heteroatoms. The van der Waals surface area contributed by atoms with E-state index < -0.39 is 0 Å². The zero-order valence-corrected chi connectivity index (χ0v) is 12.9. The molecule has 0 atom stereocenters. The molecule has 2 nitrogen and oxygen atoms in total. The number of carbonyl (C=O) groups excluding carboxylic acids is 1. The van der Waals surface area contributed by atoms with Crippen molar-refractivity contribution in [2.75, 3.05) is 0 Å². The molecule has 19 heavy (non-hydrogen) atoms. The lowest BCUT2D eigenvalue weighted by Gasteiger charge is -1.94. The molecule has 3 rings (SSSR count). The van der Waals surface area contributed by atoms with Crippen molar-refractivity contribution in [3.05, 3.63) is 55.9 Å². The Morgan fingerprint density at radius 2 is 2.05 bits per heavy atom. The van der Waals surface area contributed by atoms with Crippen LogP contribution in [0, 0.1) is 13.8 Å². The first kappa shape index (κ1) is 12.6. The van der Waals surface area contributed by atoms with Gasteiger partial charge in [0.15, 0.2) is 5.76 Å². The molecule has 0 bridgehead atoms. The fourth-order valence-electron chi connectivity index (χ4n) is 2.10. The molecule has 0 saturated heterocycles. The number of carbonyl (C=O) groups is 1. The third-order valence-corrected chi connectivity index (χ3v) is 4.78. The SMILES string of the molecule is Cc1ccc2oc(C(=O)c3cc(Br)cs3)c(C)c2c1. The summed E-state index contributed by atoms with van der Waals surface area (Å²) in [6, 6.07) is 7.78. The topological polar surface area (TPSA) is 30.2 Å². The van der Waals surface area contributed by atoms with E-state index in [4.69, 9.17) is 4.42 Å². The van der Waals surface area contributed by atoms with Crippen LogP contribution < -0.4 is 0 Å². The van der Waals surface area contributed by atoms with Crippen LogP contribution in [0.4, 0.5) is 0 Å². The second-order valence-electron chi connectivity index (χ2n) is 4.51. The molecule has 0 amide bonds. The van der Waals surface area contributed by atoms with Crippen LogP contribution in [0.15, 0.2) is 38.5 Å². The Morgan fingerprint density at radius 3 is 2.74 bits per heavy atom. The summed E-state index contributed by atoms with van der Waals surface area (Å²) in [6.45, 7) is 3.96. The van der Waals surface area contributed by atoms with Crippen LogP contribution in [0.3, 0.4) is 0 Å². The first-order valence-electron chi connectivity index (χ1n) is 5.85. The maximum atomic E-state index is 12.4. The number of fused-ring (bicyclic) bond motifs is 1. The van der Waals surface area contributed by atoms with Crippen LogP contribution in [0.5, 0.6) is 0 Å². The molecule has 0 aliphatic rings. The Morgan fingerprint density at radius 1 is 1.26 bits per heavy atom. The van der Waals surface area contributed by atoms with Gasteiger partial charge in [-0.15, -0.1) is 11.3 Å². The maximum Gasteiger partial charge on any atom is 0.238 e. The Labute approximate surface area is 123 Å². The summed E-state index contributed by atoms with van der Waals surface area (Å²) in [6.07, 6.45) is 0. The second-order valence-corrected chi connectivity index (χ2v) is 6.34. The first-order valence-corrected chi connectivity index (χ1v) is 7.52. The minimum Gasteiger partial charge on any atom is -0.452 e. The number of furan rings is 1. The van der Waals surface area contributed by atoms with E-state index in [2.05, 4.69) is 22.0 Å². The third-order valence-electron chi connectivity index (χ3n) is 3.09. The molecule has 0 fully saturated rings. The van der Waals surface area contributed by atoms with Crippen molar-refractivity contribution in [1.29, 1.82) is 0 Å². The summed E-state index contributed by atoms with van der Waals surface area (Å²) in [7, 11) is 0. The Hall–Kier alpha value is -1.39. The van der Waals surface area contributed by atoms with Gasteiger partial charge >= 0.3 is 0 Å². The fraction of sp³-hybridized carbons (Fsp3) is 0.133. The van der Waals surface area contributed by atoms with Crippen molar-refractivity contribution in [3.8, 4) is 0 Å². The van der Waals surface area contributed by atoms with Gasteiger partial charge in [0.1, 0.15) is 5.58 Å². The number of hydrogen-bond donors (Lipinski definition) is 0. The minimum absolute atomic E-state index is 0.0537. The molecule has 0 aliphatic heterocycles. The molecule has 1 aromatic carbocycles. The predicted molar refractivity (Wildman–Crippen MR) is 81.1 cm³/mol. The molecule has 0 aliphatic carbocycles. The van der Waals surface area contributed by atoms with Gasteiger partial charge in [0.2, 0.25) is 5.78 Å². The third kappa shape index (κ3) is 2.15. The lowest BCUT2D eigenvalue weighted by Crippen LogP contribution is -1.98. The monoisotopic (exact) mass is 334 g/mol. The van der Waals surface area contributed by atoms with Gasteiger partial charge in [-0.05, 0) is 48.0 Å². The lowest BCUT2D eigenvalue weighted by molar-refractivity contribution is 0.101. The molecule has 2 heterocycles. The van der Waals surface area contributed by atoms with E-state index in [1.54, 1.807) is 0 Å². The van der Waals surface area contributed by atoms with Crippen LogP contribution in [0.1, 0.15) is 26.6 Å². The van der Waals surface area contributed by atoms with Gasteiger partial charge in [-0.3, -0.25) is 4.79 Å². The molecule has 3 aromatic rings. The van der Waals surface area contributed by atoms with Gasteiger partial charge in [-0.1, -0.05) is 11.6 Å². The van der Waals surface area contributed by atoms with E-state index in [-0.39, 0.29) is 5.78 Å². The van der Waals surface area contributed by atoms with Crippen LogP contribution in [-0.2, 0) is 0 Å². The van der Waals surface area contributed by atoms with E-state index in [0.29, 0.717) is 10.6 Å². The Bertz CT molecular complexity index is 783. The first-order chi connectivity index (χ1) is 9.06. The zero-order valence-electron chi connectivity index (χ0n) is 10.5. The predicted octanol–water partition coefficient (Wildman–Crippen LogP) is 5.10. The standard InChI is InChI=1S/C15H11BrO2S/c1-8-3-4-12-11(5-8)9(2)15(18-12)14(17)13-6-10(16)7-19-13/h3-7H,1-2H3. The van der Waals surface area contributed by atoms with E-state index in [1.165, 1.54) is 11.3 Å².